The number of thioether (sulfide) groups is 1. The molecule has 6 heteroatoms. The van der Waals surface area contributed by atoms with Crippen molar-refractivity contribution in [2.45, 2.75) is 48.2 Å². The van der Waals surface area contributed by atoms with Gasteiger partial charge in [0.2, 0.25) is 0 Å². The van der Waals surface area contributed by atoms with E-state index in [1.807, 2.05) is 19.2 Å². The summed E-state index contributed by atoms with van der Waals surface area (Å²) in [4.78, 5) is 15.9. The Morgan fingerprint density at radius 1 is 1.78 bits per heavy atom. The van der Waals surface area contributed by atoms with Crippen molar-refractivity contribution in [1.29, 1.82) is 0 Å². The predicted molar refractivity (Wildman–Crippen MR) is 74.4 cm³/mol. The van der Waals surface area contributed by atoms with E-state index in [4.69, 9.17) is 0 Å². The van der Waals surface area contributed by atoms with E-state index in [-0.39, 0.29) is 0 Å². The van der Waals surface area contributed by atoms with Crippen molar-refractivity contribution in [2.24, 2.45) is 0 Å². The molecule has 2 unspecified atom stereocenters. The molecule has 0 bridgehead atoms. The summed E-state index contributed by atoms with van der Waals surface area (Å²) >= 11 is 3.36. The summed E-state index contributed by atoms with van der Waals surface area (Å²) in [6.07, 6.45) is 2.32. The molecule has 0 spiro atoms. The van der Waals surface area contributed by atoms with Crippen LogP contribution in [0.2, 0.25) is 0 Å². The van der Waals surface area contributed by atoms with Crippen molar-refractivity contribution in [3.63, 3.8) is 0 Å². The SMILES string of the molecule is CCNC1(C(=O)O)CCC(Sc2nc(C)cs2)C1. The molecule has 1 aliphatic rings. The summed E-state index contributed by atoms with van der Waals surface area (Å²) in [6, 6.07) is 0. The molecule has 2 N–H and O–H groups in total. The summed E-state index contributed by atoms with van der Waals surface area (Å²) in [7, 11) is 0. The average molecular weight is 286 g/mol. The molecule has 0 aliphatic heterocycles. The van der Waals surface area contributed by atoms with E-state index in [2.05, 4.69) is 10.3 Å². The lowest BCUT2D eigenvalue weighted by molar-refractivity contribution is -0.144. The highest BCUT2D eigenvalue weighted by molar-refractivity contribution is 8.01. The molecule has 4 nitrogen and oxygen atoms in total. The van der Waals surface area contributed by atoms with Crippen LogP contribution < -0.4 is 5.32 Å². The van der Waals surface area contributed by atoms with Gasteiger partial charge in [-0.05, 0) is 32.7 Å². The van der Waals surface area contributed by atoms with Crippen LogP contribution in [-0.2, 0) is 4.79 Å². The van der Waals surface area contributed by atoms with Gasteiger partial charge in [-0.3, -0.25) is 4.79 Å². The number of rotatable bonds is 5. The third-order valence-electron chi connectivity index (χ3n) is 3.26. The number of aromatic nitrogens is 1. The summed E-state index contributed by atoms with van der Waals surface area (Å²) in [6.45, 7) is 4.63. The molecule has 1 aromatic heterocycles. The van der Waals surface area contributed by atoms with Crippen LogP contribution in [0.5, 0.6) is 0 Å². The number of hydrogen-bond acceptors (Lipinski definition) is 5. The normalized spacial score (nSPS) is 27.6. The maximum Gasteiger partial charge on any atom is 0.323 e. The van der Waals surface area contributed by atoms with Crippen LogP contribution in [-0.4, -0.2) is 33.4 Å². The van der Waals surface area contributed by atoms with Gasteiger partial charge in [-0.1, -0.05) is 18.7 Å². The molecule has 0 amide bonds. The van der Waals surface area contributed by atoms with Crippen LogP contribution in [0.3, 0.4) is 0 Å². The van der Waals surface area contributed by atoms with E-state index >= 15 is 0 Å². The Labute approximate surface area is 115 Å². The number of carboxylic acids is 1. The fraction of sp³-hybridized carbons (Fsp3) is 0.667. The fourth-order valence-electron chi connectivity index (χ4n) is 2.40. The Bertz CT molecular complexity index is 435. The van der Waals surface area contributed by atoms with Crippen molar-refractivity contribution in [2.75, 3.05) is 6.54 Å². The lowest BCUT2D eigenvalue weighted by atomic mass is 9.98. The maximum absolute atomic E-state index is 11.4. The molecule has 1 fully saturated rings. The zero-order chi connectivity index (χ0) is 13.2. The van der Waals surface area contributed by atoms with E-state index in [9.17, 15) is 9.90 Å². The predicted octanol–water partition coefficient (Wildman–Crippen LogP) is 2.53. The van der Waals surface area contributed by atoms with Gasteiger partial charge in [-0.15, -0.1) is 11.3 Å². The average Bonchev–Trinajstić information content (AvgIpc) is 2.88. The summed E-state index contributed by atoms with van der Waals surface area (Å²) in [5, 5.41) is 14.9. The van der Waals surface area contributed by atoms with Gasteiger partial charge in [0.05, 0.1) is 0 Å². The molecule has 1 aliphatic carbocycles. The second kappa shape index (κ2) is 5.59. The van der Waals surface area contributed by atoms with E-state index < -0.39 is 11.5 Å². The number of aliphatic carboxylic acids is 1. The van der Waals surface area contributed by atoms with Gasteiger partial charge in [0.15, 0.2) is 0 Å². The van der Waals surface area contributed by atoms with E-state index in [1.54, 1.807) is 23.1 Å². The number of nitrogens with one attached hydrogen (secondary N) is 1. The number of likely N-dealkylation sites (N-methyl/N-ethyl adjacent to an activating group) is 1. The fourth-order valence-corrected chi connectivity index (χ4v) is 4.78. The highest BCUT2D eigenvalue weighted by Gasteiger charge is 2.45. The van der Waals surface area contributed by atoms with Gasteiger partial charge in [0.25, 0.3) is 0 Å². The highest BCUT2D eigenvalue weighted by atomic mass is 32.2. The molecule has 0 radical (unpaired) electrons. The molecule has 18 heavy (non-hydrogen) atoms. The van der Waals surface area contributed by atoms with Crippen LogP contribution in [0.25, 0.3) is 0 Å². The molecule has 0 aromatic carbocycles. The summed E-state index contributed by atoms with van der Waals surface area (Å²) < 4.78 is 1.05. The van der Waals surface area contributed by atoms with Crippen molar-refractivity contribution in [3.8, 4) is 0 Å². The van der Waals surface area contributed by atoms with Gasteiger partial charge in [0.1, 0.15) is 9.88 Å². The van der Waals surface area contributed by atoms with Crippen LogP contribution in [0.15, 0.2) is 9.72 Å². The first-order chi connectivity index (χ1) is 8.55. The van der Waals surface area contributed by atoms with E-state index in [0.29, 0.717) is 24.6 Å². The van der Waals surface area contributed by atoms with Crippen LogP contribution in [0.4, 0.5) is 0 Å². The Kier molecular flexibility index (Phi) is 4.29. The Hall–Kier alpha value is -0.590. The quantitative estimate of drug-likeness (QED) is 0.871. The number of hydrogen-bond donors (Lipinski definition) is 2. The number of carboxylic acid groups (broad SMARTS) is 1. The molecule has 2 atom stereocenters. The first-order valence-corrected chi connectivity index (χ1v) is 7.89. The lowest BCUT2D eigenvalue weighted by Gasteiger charge is -2.25. The molecule has 1 heterocycles. The molecular formula is C12H18N2O2S2. The number of aryl methyl sites for hydroxylation is 1. The zero-order valence-electron chi connectivity index (χ0n) is 10.6. The topological polar surface area (TPSA) is 62.2 Å². The second-order valence-electron chi connectivity index (χ2n) is 4.66. The number of nitrogens with zero attached hydrogens (tertiary/aromatic N) is 1. The first-order valence-electron chi connectivity index (χ1n) is 6.13. The van der Waals surface area contributed by atoms with Gasteiger partial charge in [0, 0.05) is 16.3 Å². The van der Waals surface area contributed by atoms with Crippen molar-refractivity contribution >= 4 is 29.1 Å². The van der Waals surface area contributed by atoms with Crippen LogP contribution in [0.1, 0.15) is 31.9 Å². The zero-order valence-corrected chi connectivity index (χ0v) is 12.2. The summed E-state index contributed by atoms with van der Waals surface area (Å²) in [5.74, 6) is -0.720. The van der Waals surface area contributed by atoms with Gasteiger partial charge >= 0.3 is 5.97 Å². The number of carbonyl (C=O) groups is 1. The monoisotopic (exact) mass is 286 g/mol. The van der Waals surface area contributed by atoms with Gasteiger partial charge in [-0.2, -0.15) is 0 Å². The largest absolute Gasteiger partial charge is 0.480 e. The van der Waals surface area contributed by atoms with Crippen LogP contribution in [0, 0.1) is 6.92 Å². The molecule has 2 rings (SSSR count). The van der Waals surface area contributed by atoms with Gasteiger partial charge in [-0.25, -0.2) is 4.98 Å². The van der Waals surface area contributed by atoms with Crippen molar-refractivity contribution in [3.05, 3.63) is 11.1 Å². The minimum absolute atomic E-state index is 0.352. The highest BCUT2D eigenvalue weighted by Crippen LogP contribution is 2.41. The Balaban J connectivity index is 2.00. The third kappa shape index (κ3) is 2.87. The third-order valence-corrected chi connectivity index (χ3v) is 5.62. The molecule has 1 aromatic rings. The standard InChI is InChI=1S/C12H18N2O2S2/c1-3-13-12(10(15)16)5-4-9(6-12)18-11-14-8(2)7-17-11/h7,9,13H,3-6H2,1-2H3,(H,15,16). The van der Waals surface area contributed by atoms with Gasteiger partial charge < -0.3 is 10.4 Å². The minimum Gasteiger partial charge on any atom is -0.480 e. The van der Waals surface area contributed by atoms with Crippen LogP contribution >= 0.6 is 23.1 Å². The summed E-state index contributed by atoms with van der Waals surface area (Å²) in [5.41, 5.74) is 0.315. The van der Waals surface area contributed by atoms with E-state index in [1.165, 1.54) is 0 Å². The second-order valence-corrected chi connectivity index (χ2v) is 7.06. The van der Waals surface area contributed by atoms with Crippen molar-refractivity contribution in [1.82, 2.24) is 10.3 Å². The lowest BCUT2D eigenvalue weighted by Crippen LogP contribution is -2.50. The molecular weight excluding hydrogens is 268 g/mol. The molecule has 0 saturated heterocycles. The maximum atomic E-state index is 11.4. The first kappa shape index (κ1) is 13.8. The number of thiazole rings is 1. The Morgan fingerprint density at radius 3 is 3.11 bits per heavy atom. The van der Waals surface area contributed by atoms with Crippen molar-refractivity contribution < 1.29 is 9.90 Å². The molecule has 100 valence electrons. The minimum atomic E-state index is -0.723. The van der Waals surface area contributed by atoms with E-state index in [0.717, 1.165) is 16.5 Å². The molecule has 1 saturated carbocycles. The Morgan fingerprint density at radius 2 is 2.56 bits per heavy atom. The smallest absolute Gasteiger partial charge is 0.323 e.